The maximum Gasteiger partial charge on any atom is 0.266 e. The second-order valence-corrected chi connectivity index (χ2v) is 8.44. The van der Waals surface area contributed by atoms with Gasteiger partial charge in [0, 0.05) is 44.0 Å². The van der Waals surface area contributed by atoms with Gasteiger partial charge in [-0.2, -0.15) is 0 Å². The van der Waals surface area contributed by atoms with Crippen molar-refractivity contribution in [3.8, 4) is 0 Å². The molecule has 3 heterocycles. The molecule has 5 nitrogen and oxygen atoms in total. The predicted molar refractivity (Wildman–Crippen MR) is 103 cm³/mol. The summed E-state index contributed by atoms with van der Waals surface area (Å²) in [6.07, 6.45) is 2.19. The first-order valence-electron chi connectivity index (χ1n) is 7.80. The highest BCUT2D eigenvalue weighted by Gasteiger charge is 2.32. The van der Waals surface area contributed by atoms with Gasteiger partial charge in [-0.15, -0.1) is 11.3 Å². The first-order chi connectivity index (χ1) is 11.5. The molecule has 0 N–H and O–H groups in total. The minimum atomic E-state index is -0.0930. The first-order valence-corrected chi connectivity index (χ1v) is 9.90. The molecule has 0 aromatic carbocycles. The van der Waals surface area contributed by atoms with Gasteiger partial charge in [-0.25, -0.2) is 0 Å². The summed E-state index contributed by atoms with van der Waals surface area (Å²) in [5.74, 6) is 0.00367. The number of amides is 2. The molecule has 3 rings (SSSR count). The van der Waals surface area contributed by atoms with Crippen molar-refractivity contribution in [3.63, 3.8) is 0 Å². The van der Waals surface area contributed by atoms with Crippen molar-refractivity contribution in [2.24, 2.45) is 0 Å². The molecule has 0 atom stereocenters. The zero-order valence-electron chi connectivity index (χ0n) is 13.4. The molecule has 8 heteroatoms. The first kappa shape index (κ1) is 17.6. The summed E-state index contributed by atoms with van der Waals surface area (Å²) in [5.41, 5.74) is 0. The van der Waals surface area contributed by atoms with Crippen LogP contribution < -0.4 is 0 Å². The van der Waals surface area contributed by atoms with E-state index >= 15 is 0 Å². The Morgan fingerprint density at radius 3 is 2.75 bits per heavy atom. The molecule has 1 aromatic rings. The van der Waals surface area contributed by atoms with Gasteiger partial charge >= 0.3 is 0 Å². The van der Waals surface area contributed by atoms with E-state index in [2.05, 4.69) is 11.9 Å². The van der Waals surface area contributed by atoms with Crippen molar-refractivity contribution < 1.29 is 9.59 Å². The third kappa shape index (κ3) is 4.05. The van der Waals surface area contributed by atoms with Crippen molar-refractivity contribution >= 4 is 57.5 Å². The van der Waals surface area contributed by atoms with Gasteiger partial charge in [-0.05, 0) is 24.6 Å². The Morgan fingerprint density at radius 2 is 2.08 bits per heavy atom. The molecule has 0 bridgehead atoms. The summed E-state index contributed by atoms with van der Waals surface area (Å²) in [5, 5.41) is 1.97. The van der Waals surface area contributed by atoms with Crippen molar-refractivity contribution in [2.45, 2.75) is 6.42 Å². The number of rotatable bonds is 4. The molecule has 0 unspecified atom stereocenters. The third-order valence-electron chi connectivity index (χ3n) is 4.10. The van der Waals surface area contributed by atoms with E-state index in [-0.39, 0.29) is 11.8 Å². The third-order valence-corrected chi connectivity index (χ3v) is 6.29. The number of thioether (sulfide) groups is 1. The normalized spacial score (nSPS) is 21.1. The standard InChI is InChI=1S/C16H19N3O2S3/c1-17-6-8-18(9-7-17)14(20)4-5-19-15(21)13(24-16(19)22)11-12-3-2-10-23-12/h2-3,10-11H,4-9H2,1H3. The Kier molecular flexibility index (Phi) is 5.70. The van der Waals surface area contributed by atoms with E-state index in [1.807, 2.05) is 28.5 Å². The number of thiophene rings is 1. The van der Waals surface area contributed by atoms with Gasteiger partial charge in [0.15, 0.2) is 0 Å². The van der Waals surface area contributed by atoms with Crippen LogP contribution in [-0.4, -0.2) is 70.6 Å². The van der Waals surface area contributed by atoms with E-state index in [9.17, 15) is 9.59 Å². The van der Waals surface area contributed by atoms with E-state index in [1.165, 1.54) is 11.8 Å². The molecule has 2 aliphatic heterocycles. The lowest BCUT2D eigenvalue weighted by molar-refractivity contribution is -0.133. The van der Waals surface area contributed by atoms with Gasteiger partial charge in [0.25, 0.3) is 5.91 Å². The monoisotopic (exact) mass is 381 g/mol. The van der Waals surface area contributed by atoms with Gasteiger partial charge in [-0.3, -0.25) is 14.5 Å². The Hall–Kier alpha value is -1.22. The Morgan fingerprint density at radius 1 is 1.33 bits per heavy atom. The van der Waals surface area contributed by atoms with Crippen LogP contribution in [0.5, 0.6) is 0 Å². The quantitative estimate of drug-likeness (QED) is 0.590. The number of nitrogens with zero attached hydrogens (tertiary/aromatic N) is 3. The van der Waals surface area contributed by atoms with Crippen molar-refractivity contribution in [1.29, 1.82) is 0 Å². The summed E-state index contributed by atoms with van der Waals surface area (Å²) < 4.78 is 0.536. The minimum Gasteiger partial charge on any atom is -0.340 e. The number of hydrogen-bond donors (Lipinski definition) is 0. The average Bonchev–Trinajstić information content (AvgIpc) is 3.16. The molecular formula is C16H19N3O2S3. The lowest BCUT2D eigenvalue weighted by Crippen LogP contribution is -2.47. The SMILES string of the molecule is CN1CCN(C(=O)CCN2C(=O)C(=Cc3cccs3)SC2=S)CC1. The number of carbonyl (C=O) groups excluding carboxylic acids is 2. The van der Waals surface area contributed by atoms with Crippen molar-refractivity contribution in [2.75, 3.05) is 39.8 Å². The minimum absolute atomic E-state index is 0.0930. The summed E-state index contributed by atoms with van der Waals surface area (Å²) in [6, 6.07) is 3.92. The molecule has 24 heavy (non-hydrogen) atoms. The second kappa shape index (κ2) is 7.77. The number of likely N-dealkylation sites (N-methyl/N-ethyl adjacent to an activating group) is 1. The van der Waals surface area contributed by atoms with Crippen LogP contribution in [0.15, 0.2) is 22.4 Å². The average molecular weight is 382 g/mol. The number of hydrogen-bond acceptors (Lipinski definition) is 6. The summed E-state index contributed by atoms with van der Waals surface area (Å²) in [7, 11) is 2.06. The number of carbonyl (C=O) groups is 2. The Labute approximate surface area is 155 Å². The van der Waals surface area contributed by atoms with Gasteiger partial charge < -0.3 is 9.80 Å². The molecule has 0 radical (unpaired) electrons. The zero-order chi connectivity index (χ0) is 17.1. The largest absolute Gasteiger partial charge is 0.340 e. The molecule has 128 valence electrons. The molecule has 1 aromatic heterocycles. The van der Waals surface area contributed by atoms with Crippen LogP contribution in [0, 0.1) is 0 Å². The smallest absolute Gasteiger partial charge is 0.266 e. The van der Waals surface area contributed by atoms with Crippen LogP contribution in [0.4, 0.5) is 0 Å². The van der Waals surface area contributed by atoms with Crippen molar-refractivity contribution in [3.05, 3.63) is 27.3 Å². The second-order valence-electron chi connectivity index (χ2n) is 5.78. The van der Waals surface area contributed by atoms with E-state index in [0.29, 0.717) is 22.2 Å². The Balaban J connectivity index is 1.56. The fraction of sp³-hybridized carbons (Fsp3) is 0.438. The van der Waals surface area contributed by atoms with Crippen LogP contribution in [0.2, 0.25) is 0 Å². The molecule has 2 aliphatic rings. The topological polar surface area (TPSA) is 43.9 Å². The summed E-state index contributed by atoms with van der Waals surface area (Å²) in [6.45, 7) is 3.67. The Bertz CT molecular complexity index is 664. The molecule has 2 saturated heterocycles. The van der Waals surface area contributed by atoms with Gasteiger partial charge in [-0.1, -0.05) is 30.0 Å². The van der Waals surface area contributed by atoms with Crippen LogP contribution in [0.25, 0.3) is 6.08 Å². The van der Waals surface area contributed by atoms with Crippen LogP contribution in [0.1, 0.15) is 11.3 Å². The van der Waals surface area contributed by atoms with Crippen LogP contribution >= 0.6 is 35.3 Å². The summed E-state index contributed by atoms with van der Waals surface area (Å²) >= 11 is 8.21. The highest BCUT2D eigenvalue weighted by molar-refractivity contribution is 8.26. The van der Waals surface area contributed by atoms with Crippen LogP contribution in [-0.2, 0) is 9.59 Å². The van der Waals surface area contributed by atoms with Crippen LogP contribution in [0.3, 0.4) is 0 Å². The highest BCUT2D eigenvalue weighted by atomic mass is 32.2. The highest BCUT2D eigenvalue weighted by Crippen LogP contribution is 2.33. The zero-order valence-corrected chi connectivity index (χ0v) is 15.9. The van der Waals surface area contributed by atoms with Gasteiger partial charge in [0.2, 0.25) is 5.91 Å². The fourth-order valence-corrected chi connectivity index (χ4v) is 4.65. The van der Waals surface area contributed by atoms with Gasteiger partial charge in [0.1, 0.15) is 4.32 Å². The fourth-order valence-electron chi connectivity index (χ4n) is 2.62. The molecule has 0 spiro atoms. The molecule has 2 fully saturated rings. The van der Waals surface area contributed by atoms with E-state index < -0.39 is 0 Å². The predicted octanol–water partition coefficient (Wildman–Crippen LogP) is 2.11. The molecular weight excluding hydrogens is 362 g/mol. The van der Waals surface area contributed by atoms with Crippen molar-refractivity contribution in [1.82, 2.24) is 14.7 Å². The van der Waals surface area contributed by atoms with Gasteiger partial charge in [0.05, 0.1) is 4.91 Å². The molecule has 0 saturated carbocycles. The van der Waals surface area contributed by atoms with E-state index in [0.717, 1.165) is 31.1 Å². The molecule has 2 amide bonds. The maximum atomic E-state index is 12.5. The number of piperazine rings is 1. The maximum absolute atomic E-state index is 12.5. The lowest BCUT2D eigenvalue weighted by Gasteiger charge is -2.32. The lowest BCUT2D eigenvalue weighted by atomic mass is 10.2. The summed E-state index contributed by atoms with van der Waals surface area (Å²) in [4.78, 5) is 32.1. The number of thiocarbonyl (C=S) groups is 1. The molecule has 0 aliphatic carbocycles. The van der Waals surface area contributed by atoms with E-state index in [1.54, 1.807) is 16.2 Å². The van der Waals surface area contributed by atoms with E-state index in [4.69, 9.17) is 12.2 Å².